The monoisotopic (exact) mass is 426 g/mol. The van der Waals surface area contributed by atoms with Crippen molar-refractivity contribution in [3.8, 4) is 5.75 Å². The zero-order valence-corrected chi connectivity index (χ0v) is 18.1. The predicted octanol–water partition coefficient (Wildman–Crippen LogP) is 2.36. The number of rotatable bonds is 7. The molecule has 0 unspecified atom stereocenters. The number of amides is 3. The van der Waals surface area contributed by atoms with E-state index in [1.807, 2.05) is 26.0 Å². The lowest BCUT2D eigenvalue weighted by Crippen LogP contribution is -2.31. The van der Waals surface area contributed by atoms with Crippen molar-refractivity contribution < 1.29 is 23.9 Å². The van der Waals surface area contributed by atoms with Gasteiger partial charge < -0.3 is 25.1 Å². The molecule has 31 heavy (non-hydrogen) atoms. The summed E-state index contributed by atoms with van der Waals surface area (Å²) in [6.45, 7) is 3.75. The van der Waals surface area contributed by atoms with E-state index in [4.69, 9.17) is 4.42 Å². The van der Waals surface area contributed by atoms with Crippen molar-refractivity contribution in [1.29, 1.82) is 0 Å². The Hall–Kier alpha value is -3.75. The van der Waals surface area contributed by atoms with Crippen LogP contribution in [0.1, 0.15) is 41.3 Å². The third kappa shape index (κ3) is 4.11. The van der Waals surface area contributed by atoms with E-state index in [-0.39, 0.29) is 34.4 Å². The Labute approximate surface area is 180 Å². The Morgan fingerprint density at radius 1 is 1.16 bits per heavy atom. The van der Waals surface area contributed by atoms with Gasteiger partial charge in [-0.1, -0.05) is 13.0 Å². The SMILES string of the molecule is CC[C@H](NC1=C(Nc2cccc(C(=O)N(C)C)c2O)C(=O)N(C)C1=O)c1ccc(C)o1. The summed E-state index contributed by atoms with van der Waals surface area (Å²) in [4.78, 5) is 40.1. The number of anilines is 1. The molecule has 2 aromatic rings. The van der Waals surface area contributed by atoms with Crippen LogP contribution in [0.25, 0.3) is 0 Å². The maximum atomic E-state index is 12.7. The number of benzene rings is 1. The van der Waals surface area contributed by atoms with Crippen LogP contribution in [-0.4, -0.2) is 53.8 Å². The minimum Gasteiger partial charge on any atom is -0.505 e. The topological polar surface area (TPSA) is 115 Å². The van der Waals surface area contributed by atoms with Gasteiger partial charge in [0.2, 0.25) is 0 Å². The number of nitrogens with one attached hydrogen (secondary N) is 2. The number of aryl methyl sites for hydroxylation is 1. The molecule has 1 aliphatic heterocycles. The number of phenols is 1. The van der Waals surface area contributed by atoms with Crippen molar-refractivity contribution in [2.24, 2.45) is 0 Å². The first-order valence-electron chi connectivity index (χ1n) is 9.85. The molecule has 9 heteroatoms. The fraction of sp³-hybridized carbons (Fsp3) is 0.318. The fourth-order valence-electron chi connectivity index (χ4n) is 3.27. The Bertz CT molecular complexity index is 1070. The van der Waals surface area contributed by atoms with Crippen LogP contribution in [0.5, 0.6) is 5.75 Å². The van der Waals surface area contributed by atoms with Crippen molar-refractivity contribution in [2.75, 3.05) is 26.5 Å². The lowest BCUT2D eigenvalue weighted by atomic mass is 10.1. The Kier molecular flexibility index (Phi) is 6.05. The van der Waals surface area contributed by atoms with Gasteiger partial charge in [-0.05, 0) is 37.6 Å². The van der Waals surface area contributed by atoms with E-state index in [1.165, 1.54) is 24.1 Å². The lowest BCUT2D eigenvalue weighted by Gasteiger charge is -2.18. The normalized spacial score (nSPS) is 14.8. The molecule has 3 rings (SSSR count). The van der Waals surface area contributed by atoms with Gasteiger partial charge >= 0.3 is 0 Å². The Morgan fingerprint density at radius 3 is 2.42 bits per heavy atom. The second-order valence-electron chi connectivity index (χ2n) is 7.50. The van der Waals surface area contributed by atoms with Gasteiger partial charge in [-0.25, -0.2) is 0 Å². The minimum atomic E-state index is -0.554. The van der Waals surface area contributed by atoms with Crippen LogP contribution >= 0.6 is 0 Å². The van der Waals surface area contributed by atoms with E-state index in [0.29, 0.717) is 12.2 Å². The van der Waals surface area contributed by atoms with Crippen molar-refractivity contribution in [2.45, 2.75) is 26.3 Å². The first-order valence-corrected chi connectivity index (χ1v) is 9.85. The van der Waals surface area contributed by atoms with Crippen molar-refractivity contribution in [3.05, 3.63) is 58.8 Å². The van der Waals surface area contributed by atoms with Gasteiger partial charge in [0.05, 0.1) is 17.3 Å². The second kappa shape index (κ2) is 8.55. The van der Waals surface area contributed by atoms with Crippen molar-refractivity contribution in [1.82, 2.24) is 15.1 Å². The number of furan rings is 1. The summed E-state index contributed by atoms with van der Waals surface area (Å²) >= 11 is 0. The third-order valence-corrected chi connectivity index (χ3v) is 5.05. The number of aromatic hydroxyl groups is 1. The molecular formula is C22H26N4O5. The van der Waals surface area contributed by atoms with Crippen LogP contribution in [-0.2, 0) is 9.59 Å². The molecule has 1 atom stereocenters. The molecule has 1 aromatic carbocycles. The number of para-hydroxylation sites is 1. The van der Waals surface area contributed by atoms with E-state index in [2.05, 4.69) is 10.6 Å². The van der Waals surface area contributed by atoms with Gasteiger partial charge in [0.25, 0.3) is 17.7 Å². The molecule has 0 saturated heterocycles. The van der Waals surface area contributed by atoms with E-state index in [1.54, 1.807) is 20.2 Å². The molecule has 0 saturated carbocycles. The van der Waals surface area contributed by atoms with Gasteiger partial charge in [0, 0.05) is 21.1 Å². The maximum absolute atomic E-state index is 12.7. The quantitative estimate of drug-likeness (QED) is 0.460. The smallest absolute Gasteiger partial charge is 0.279 e. The molecular weight excluding hydrogens is 400 g/mol. The Balaban J connectivity index is 1.99. The summed E-state index contributed by atoms with van der Waals surface area (Å²) in [5, 5.41) is 16.6. The fourth-order valence-corrected chi connectivity index (χ4v) is 3.27. The number of carbonyl (C=O) groups excluding carboxylic acids is 3. The summed E-state index contributed by atoms with van der Waals surface area (Å²) < 4.78 is 5.68. The van der Waals surface area contributed by atoms with Crippen LogP contribution < -0.4 is 10.6 Å². The van der Waals surface area contributed by atoms with Crippen molar-refractivity contribution >= 4 is 23.4 Å². The number of hydrogen-bond acceptors (Lipinski definition) is 7. The van der Waals surface area contributed by atoms with E-state index in [9.17, 15) is 19.5 Å². The second-order valence-corrected chi connectivity index (χ2v) is 7.50. The number of carbonyl (C=O) groups is 3. The molecule has 164 valence electrons. The first kappa shape index (κ1) is 21.9. The highest BCUT2D eigenvalue weighted by atomic mass is 16.3. The van der Waals surface area contributed by atoms with Gasteiger partial charge in [0.15, 0.2) is 5.75 Å². The standard InChI is InChI=1S/C22H26N4O5/c1-6-14(16-11-10-12(2)31-16)23-17-18(22(30)26(5)21(17)29)24-15-9-7-8-13(19(15)27)20(28)25(3)4/h7-11,14,23-24,27H,6H2,1-5H3/t14-/m0/s1. The highest BCUT2D eigenvalue weighted by Gasteiger charge is 2.38. The number of imide groups is 1. The summed E-state index contributed by atoms with van der Waals surface area (Å²) in [6, 6.07) is 7.90. The molecule has 0 radical (unpaired) electrons. The molecule has 0 spiro atoms. The third-order valence-electron chi connectivity index (χ3n) is 5.05. The molecule has 1 aliphatic rings. The van der Waals surface area contributed by atoms with Gasteiger partial charge in [-0.3, -0.25) is 19.3 Å². The van der Waals surface area contributed by atoms with Crippen LogP contribution in [0.2, 0.25) is 0 Å². The molecule has 0 fully saturated rings. The van der Waals surface area contributed by atoms with Crippen LogP contribution in [0.3, 0.4) is 0 Å². The Morgan fingerprint density at radius 2 is 1.84 bits per heavy atom. The molecule has 0 bridgehead atoms. The number of likely N-dealkylation sites (N-methyl/N-ethyl adjacent to an activating group) is 1. The molecule has 0 aliphatic carbocycles. The zero-order valence-electron chi connectivity index (χ0n) is 18.1. The summed E-state index contributed by atoms with van der Waals surface area (Å²) in [5.41, 5.74) is 0.268. The zero-order chi connectivity index (χ0) is 22.9. The molecule has 1 aromatic heterocycles. The highest BCUT2D eigenvalue weighted by Crippen LogP contribution is 2.32. The minimum absolute atomic E-state index is 0.0148. The van der Waals surface area contributed by atoms with Gasteiger partial charge in [-0.2, -0.15) is 0 Å². The first-order chi connectivity index (χ1) is 14.6. The van der Waals surface area contributed by atoms with Crippen LogP contribution in [0.15, 0.2) is 46.1 Å². The average Bonchev–Trinajstić information content (AvgIpc) is 3.25. The molecule has 3 N–H and O–H groups in total. The summed E-state index contributed by atoms with van der Waals surface area (Å²) in [7, 11) is 4.52. The highest BCUT2D eigenvalue weighted by molar-refractivity contribution is 6.20. The largest absolute Gasteiger partial charge is 0.505 e. The predicted molar refractivity (Wildman–Crippen MR) is 114 cm³/mol. The molecule has 2 heterocycles. The number of nitrogens with zero attached hydrogens (tertiary/aromatic N) is 2. The lowest BCUT2D eigenvalue weighted by molar-refractivity contribution is -0.136. The van der Waals surface area contributed by atoms with E-state index >= 15 is 0 Å². The molecule has 3 amide bonds. The van der Waals surface area contributed by atoms with E-state index in [0.717, 1.165) is 10.7 Å². The van der Waals surface area contributed by atoms with Crippen LogP contribution in [0, 0.1) is 6.92 Å². The summed E-state index contributed by atoms with van der Waals surface area (Å²) in [6.07, 6.45) is 0.604. The molecule has 9 nitrogen and oxygen atoms in total. The number of phenolic OH excluding ortho intramolecular Hbond substituents is 1. The van der Waals surface area contributed by atoms with Crippen LogP contribution in [0.4, 0.5) is 5.69 Å². The number of hydrogen-bond donors (Lipinski definition) is 3. The van der Waals surface area contributed by atoms with Crippen molar-refractivity contribution in [3.63, 3.8) is 0 Å². The maximum Gasteiger partial charge on any atom is 0.279 e. The summed E-state index contributed by atoms with van der Waals surface area (Å²) in [5.74, 6) is -0.380. The van der Waals surface area contributed by atoms with E-state index < -0.39 is 17.7 Å². The van der Waals surface area contributed by atoms with Gasteiger partial charge in [-0.15, -0.1) is 0 Å². The average molecular weight is 426 g/mol. The van der Waals surface area contributed by atoms with Gasteiger partial charge in [0.1, 0.15) is 22.9 Å².